The quantitative estimate of drug-likeness (QED) is 0.824. The zero-order valence-electron chi connectivity index (χ0n) is 11.8. The fourth-order valence-corrected chi connectivity index (χ4v) is 2.16. The van der Waals surface area contributed by atoms with Gasteiger partial charge in [0.2, 0.25) is 0 Å². The summed E-state index contributed by atoms with van der Waals surface area (Å²) in [6.07, 6.45) is 6.59. The first-order chi connectivity index (χ1) is 9.13. The maximum absolute atomic E-state index is 6.11. The fraction of sp³-hybridized carbons (Fsp3) is 0.538. The van der Waals surface area contributed by atoms with E-state index >= 15 is 0 Å². The molecule has 0 saturated heterocycles. The van der Waals surface area contributed by atoms with Crippen molar-refractivity contribution in [2.45, 2.75) is 26.2 Å². The van der Waals surface area contributed by atoms with Gasteiger partial charge in [-0.3, -0.25) is 4.68 Å². The highest BCUT2D eigenvalue weighted by atomic mass is 15.3. The van der Waals surface area contributed by atoms with Crippen LogP contribution < -0.4 is 11.1 Å². The Morgan fingerprint density at radius 3 is 2.74 bits per heavy atom. The first kappa shape index (κ1) is 13.5. The Morgan fingerprint density at radius 1 is 1.32 bits per heavy atom. The van der Waals surface area contributed by atoms with Crippen molar-refractivity contribution in [2.24, 2.45) is 14.1 Å². The van der Waals surface area contributed by atoms with Crippen LogP contribution in [0.25, 0.3) is 0 Å². The Balaban J connectivity index is 1.98. The summed E-state index contributed by atoms with van der Waals surface area (Å²) in [5, 5.41) is 7.79. The van der Waals surface area contributed by atoms with Gasteiger partial charge in [-0.25, -0.2) is 4.98 Å². The molecule has 3 N–H and O–H groups in total. The lowest BCUT2D eigenvalue weighted by atomic mass is 10.2. The van der Waals surface area contributed by atoms with E-state index < -0.39 is 0 Å². The van der Waals surface area contributed by atoms with Gasteiger partial charge >= 0.3 is 0 Å². The second-order valence-electron chi connectivity index (χ2n) is 4.71. The normalized spacial score (nSPS) is 10.9. The minimum Gasteiger partial charge on any atom is -0.394 e. The van der Waals surface area contributed by atoms with Crippen LogP contribution in [0.15, 0.2) is 12.4 Å². The summed E-state index contributed by atoms with van der Waals surface area (Å²) in [4.78, 5) is 4.30. The standard InChI is InChI=1S/C13H22N6/c1-4-5-10-12(14)13(19(3)17-10)16-7-6-11-15-8-9-18(11)2/h8-9,16H,4-7,14H2,1-3H3. The number of anilines is 2. The third-order valence-electron chi connectivity index (χ3n) is 3.21. The third-order valence-corrected chi connectivity index (χ3v) is 3.21. The van der Waals surface area contributed by atoms with Crippen LogP contribution >= 0.6 is 0 Å². The van der Waals surface area contributed by atoms with Crippen molar-refractivity contribution in [3.8, 4) is 0 Å². The van der Waals surface area contributed by atoms with Gasteiger partial charge in [0.15, 0.2) is 0 Å². The lowest BCUT2D eigenvalue weighted by molar-refractivity contribution is 0.730. The number of aromatic nitrogens is 4. The lowest BCUT2D eigenvalue weighted by Crippen LogP contribution is -2.12. The van der Waals surface area contributed by atoms with Crippen molar-refractivity contribution >= 4 is 11.5 Å². The van der Waals surface area contributed by atoms with Gasteiger partial charge in [-0.2, -0.15) is 5.10 Å². The van der Waals surface area contributed by atoms with Crippen LogP contribution in [-0.4, -0.2) is 25.9 Å². The number of nitrogen functional groups attached to an aromatic ring is 1. The Labute approximate surface area is 113 Å². The van der Waals surface area contributed by atoms with Crippen molar-refractivity contribution < 1.29 is 0 Å². The molecule has 104 valence electrons. The van der Waals surface area contributed by atoms with E-state index in [2.05, 4.69) is 22.3 Å². The summed E-state index contributed by atoms with van der Waals surface area (Å²) >= 11 is 0. The molecule has 0 saturated carbocycles. The van der Waals surface area contributed by atoms with Crippen molar-refractivity contribution in [1.29, 1.82) is 0 Å². The first-order valence-electron chi connectivity index (χ1n) is 6.65. The molecule has 2 rings (SSSR count). The van der Waals surface area contributed by atoms with E-state index in [1.54, 1.807) is 0 Å². The number of imidazole rings is 1. The van der Waals surface area contributed by atoms with Crippen LogP contribution in [0.4, 0.5) is 11.5 Å². The summed E-state index contributed by atoms with van der Waals surface area (Å²) in [5.41, 5.74) is 7.86. The van der Waals surface area contributed by atoms with Crippen LogP contribution in [0.2, 0.25) is 0 Å². The minimum atomic E-state index is 0.768. The SMILES string of the molecule is CCCc1nn(C)c(NCCc2nccn2C)c1N. The molecule has 0 fully saturated rings. The predicted molar refractivity (Wildman–Crippen MR) is 77.0 cm³/mol. The zero-order chi connectivity index (χ0) is 13.8. The molecular formula is C13H22N6. The van der Waals surface area contributed by atoms with E-state index in [-0.39, 0.29) is 0 Å². The summed E-state index contributed by atoms with van der Waals surface area (Å²) in [6.45, 7) is 2.92. The number of nitrogens with one attached hydrogen (secondary N) is 1. The highest BCUT2D eigenvalue weighted by molar-refractivity contribution is 5.65. The number of nitrogens with zero attached hydrogens (tertiary/aromatic N) is 4. The molecule has 0 aromatic carbocycles. The fourth-order valence-electron chi connectivity index (χ4n) is 2.16. The van der Waals surface area contributed by atoms with E-state index in [1.807, 2.05) is 35.7 Å². The summed E-state index contributed by atoms with van der Waals surface area (Å²) in [7, 11) is 3.92. The van der Waals surface area contributed by atoms with Crippen LogP contribution in [0.3, 0.4) is 0 Å². The monoisotopic (exact) mass is 262 g/mol. The van der Waals surface area contributed by atoms with Gasteiger partial charge in [0, 0.05) is 39.5 Å². The molecular weight excluding hydrogens is 240 g/mol. The molecule has 0 radical (unpaired) electrons. The van der Waals surface area contributed by atoms with E-state index in [9.17, 15) is 0 Å². The highest BCUT2D eigenvalue weighted by Crippen LogP contribution is 2.22. The molecule has 0 amide bonds. The molecule has 19 heavy (non-hydrogen) atoms. The second kappa shape index (κ2) is 5.77. The van der Waals surface area contributed by atoms with Gasteiger partial charge in [-0.1, -0.05) is 13.3 Å². The van der Waals surface area contributed by atoms with Crippen molar-refractivity contribution in [3.05, 3.63) is 23.9 Å². The van der Waals surface area contributed by atoms with Crippen molar-refractivity contribution in [1.82, 2.24) is 19.3 Å². The largest absolute Gasteiger partial charge is 0.394 e. The maximum Gasteiger partial charge on any atom is 0.147 e. The van der Waals surface area contributed by atoms with E-state index in [0.717, 1.165) is 48.8 Å². The zero-order valence-corrected chi connectivity index (χ0v) is 11.8. The van der Waals surface area contributed by atoms with Crippen LogP contribution in [0, 0.1) is 0 Å². The average Bonchev–Trinajstić information content (AvgIpc) is 2.89. The summed E-state index contributed by atoms with van der Waals surface area (Å²) < 4.78 is 3.84. The lowest BCUT2D eigenvalue weighted by Gasteiger charge is -2.07. The van der Waals surface area contributed by atoms with Crippen LogP contribution in [0.1, 0.15) is 24.9 Å². The molecule has 6 nitrogen and oxygen atoms in total. The number of hydrogen-bond donors (Lipinski definition) is 2. The Hall–Kier alpha value is -1.98. The van der Waals surface area contributed by atoms with Gasteiger partial charge < -0.3 is 15.6 Å². The number of nitrogens with two attached hydrogens (primary N) is 1. The predicted octanol–water partition coefficient (Wildman–Crippen LogP) is 1.34. The number of hydrogen-bond acceptors (Lipinski definition) is 4. The third kappa shape index (κ3) is 2.89. The highest BCUT2D eigenvalue weighted by Gasteiger charge is 2.12. The first-order valence-corrected chi connectivity index (χ1v) is 6.65. The molecule has 0 aliphatic carbocycles. The minimum absolute atomic E-state index is 0.768. The summed E-state index contributed by atoms with van der Waals surface area (Å²) in [6, 6.07) is 0. The molecule has 0 aliphatic rings. The van der Waals surface area contributed by atoms with E-state index in [0.29, 0.717) is 0 Å². The van der Waals surface area contributed by atoms with Gasteiger partial charge in [0.05, 0.1) is 11.4 Å². The smallest absolute Gasteiger partial charge is 0.147 e. The molecule has 0 atom stereocenters. The topological polar surface area (TPSA) is 73.7 Å². The molecule has 0 unspecified atom stereocenters. The molecule has 6 heteroatoms. The Kier molecular flexibility index (Phi) is 4.09. The molecule has 2 aromatic rings. The van der Waals surface area contributed by atoms with Gasteiger partial charge in [-0.05, 0) is 6.42 Å². The Bertz CT molecular complexity index is 539. The molecule has 0 aliphatic heterocycles. The second-order valence-corrected chi connectivity index (χ2v) is 4.71. The maximum atomic E-state index is 6.11. The Morgan fingerprint density at radius 2 is 2.11 bits per heavy atom. The van der Waals surface area contributed by atoms with Crippen molar-refractivity contribution in [2.75, 3.05) is 17.6 Å². The number of aryl methyl sites for hydroxylation is 3. The van der Waals surface area contributed by atoms with Gasteiger partial charge in [0.1, 0.15) is 11.6 Å². The van der Waals surface area contributed by atoms with Crippen LogP contribution in [-0.2, 0) is 26.9 Å². The molecule has 0 spiro atoms. The van der Waals surface area contributed by atoms with E-state index in [4.69, 9.17) is 5.73 Å². The molecule has 0 bridgehead atoms. The van der Waals surface area contributed by atoms with E-state index in [1.165, 1.54) is 0 Å². The van der Waals surface area contributed by atoms with Gasteiger partial charge in [0.25, 0.3) is 0 Å². The number of rotatable bonds is 6. The molecule has 2 heterocycles. The summed E-state index contributed by atoms with van der Waals surface area (Å²) in [5.74, 6) is 1.96. The molecule has 2 aromatic heterocycles. The van der Waals surface area contributed by atoms with Crippen LogP contribution in [0.5, 0.6) is 0 Å². The van der Waals surface area contributed by atoms with Crippen molar-refractivity contribution in [3.63, 3.8) is 0 Å². The average molecular weight is 262 g/mol. The van der Waals surface area contributed by atoms with Gasteiger partial charge in [-0.15, -0.1) is 0 Å².